The summed E-state index contributed by atoms with van der Waals surface area (Å²) in [6.45, 7) is 4.03. The molecule has 33 heavy (non-hydrogen) atoms. The van der Waals surface area contributed by atoms with Crippen molar-refractivity contribution in [1.82, 2.24) is 14.8 Å². The molecule has 1 aromatic heterocycles. The molecule has 6 nitrogen and oxygen atoms in total. The van der Waals surface area contributed by atoms with Crippen molar-refractivity contribution in [3.8, 4) is 11.5 Å². The van der Waals surface area contributed by atoms with Gasteiger partial charge in [0.15, 0.2) is 11.5 Å². The van der Waals surface area contributed by atoms with E-state index in [9.17, 15) is 4.79 Å². The van der Waals surface area contributed by atoms with E-state index < -0.39 is 0 Å². The second kappa shape index (κ2) is 10.1. The average Bonchev–Trinajstić information content (AvgIpc) is 3.50. The van der Waals surface area contributed by atoms with E-state index in [0.717, 1.165) is 59.6 Å². The minimum atomic E-state index is 0.0530. The van der Waals surface area contributed by atoms with E-state index in [0.29, 0.717) is 18.8 Å². The van der Waals surface area contributed by atoms with Crippen LogP contribution >= 0.6 is 22.9 Å². The Kier molecular flexibility index (Phi) is 6.80. The highest BCUT2D eigenvalue weighted by Crippen LogP contribution is 2.33. The number of carbonyl (C=O) groups is 1. The van der Waals surface area contributed by atoms with E-state index in [1.165, 1.54) is 12.0 Å². The molecular weight excluding hydrogens is 458 g/mol. The lowest BCUT2D eigenvalue weighted by molar-refractivity contribution is 0.0718. The van der Waals surface area contributed by atoms with Crippen LogP contribution in [0.25, 0.3) is 0 Å². The van der Waals surface area contributed by atoms with Gasteiger partial charge in [-0.2, -0.15) is 0 Å². The van der Waals surface area contributed by atoms with E-state index in [4.69, 9.17) is 26.1 Å². The molecule has 2 aromatic carbocycles. The topological polar surface area (TPSA) is 54.9 Å². The summed E-state index contributed by atoms with van der Waals surface area (Å²) in [5.41, 5.74) is 2.86. The van der Waals surface area contributed by atoms with Gasteiger partial charge in [-0.05, 0) is 54.7 Å². The van der Waals surface area contributed by atoms with Crippen LogP contribution in [0.3, 0.4) is 0 Å². The van der Waals surface area contributed by atoms with Gasteiger partial charge in [0.25, 0.3) is 5.91 Å². The first-order valence-corrected chi connectivity index (χ1v) is 12.5. The number of likely N-dealkylation sites (tertiary alicyclic amines) is 1. The summed E-state index contributed by atoms with van der Waals surface area (Å²) >= 11 is 7.62. The third kappa shape index (κ3) is 5.49. The van der Waals surface area contributed by atoms with Gasteiger partial charge in [0.05, 0.1) is 6.54 Å². The maximum Gasteiger partial charge on any atom is 0.273 e. The zero-order chi connectivity index (χ0) is 22.6. The Balaban J connectivity index is 1.32. The maximum atomic E-state index is 12.8. The van der Waals surface area contributed by atoms with Crippen molar-refractivity contribution in [3.05, 3.63) is 74.7 Å². The van der Waals surface area contributed by atoms with E-state index >= 15 is 0 Å². The largest absolute Gasteiger partial charge is 0.454 e. The molecule has 0 spiro atoms. The maximum absolute atomic E-state index is 12.8. The first-order chi connectivity index (χ1) is 16.1. The number of hydrogen-bond donors (Lipinski definition) is 0. The molecule has 5 rings (SSSR count). The highest BCUT2D eigenvalue weighted by molar-refractivity contribution is 7.09. The number of piperidine rings is 1. The minimum absolute atomic E-state index is 0.0530. The van der Waals surface area contributed by atoms with Gasteiger partial charge in [0.1, 0.15) is 10.7 Å². The van der Waals surface area contributed by atoms with Crippen molar-refractivity contribution in [2.45, 2.75) is 38.9 Å². The fourth-order valence-electron chi connectivity index (χ4n) is 4.25. The normalized spacial score (nSPS) is 15.3. The fourth-order valence-corrected chi connectivity index (χ4v) is 5.18. The Labute approximate surface area is 202 Å². The first-order valence-electron chi connectivity index (χ1n) is 11.2. The van der Waals surface area contributed by atoms with Crippen molar-refractivity contribution < 1.29 is 14.3 Å². The summed E-state index contributed by atoms with van der Waals surface area (Å²) in [7, 11) is 0. The molecule has 1 fully saturated rings. The molecule has 8 heteroatoms. The standard InChI is InChI=1S/C25H26ClN3O3S/c26-20-7-4-18(5-8-20)13-28(14-19-6-9-22-23(12-19)32-17-31-22)15-24-27-21(16-33-24)25(30)29-10-2-1-3-11-29/h4-9,12,16H,1-3,10-11,13-15,17H2. The van der Waals surface area contributed by atoms with Crippen LogP contribution in [0.1, 0.15) is 45.9 Å². The summed E-state index contributed by atoms with van der Waals surface area (Å²) in [5.74, 6) is 1.61. The molecule has 2 aliphatic rings. The number of benzene rings is 2. The molecule has 172 valence electrons. The van der Waals surface area contributed by atoms with Gasteiger partial charge < -0.3 is 14.4 Å². The second-order valence-electron chi connectivity index (χ2n) is 8.44. The molecular formula is C25H26ClN3O3S. The number of aromatic nitrogens is 1. The number of ether oxygens (including phenoxy) is 2. The summed E-state index contributed by atoms with van der Waals surface area (Å²) in [6, 6.07) is 14.0. The van der Waals surface area contributed by atoms with Crippen LogP contribution < -0.4 is 9.47 Å². The van der Waals surface area contributed by atoms with Crippen LogP contribution in [0.4, 0.5) is 0 Å². The number of halogens is 1. The van der Waals surface area contributed by atoms with Crippen molar-refractivity contribution in [3.63, 3.8) is 0 Å². The highest BCUT2D eigenvalue weighted by atomic mass is 35.5. The first kappa shape index (κ1) is 22.2. The number of fused-ring (bicyclic) bond motifs is 1. The Morgan fingerprint density at radius 2 is 1.70 bits per heavy atom. The molecule has 0 radical (unpaired) electrons. The Hall–Kier alpha value is -2.61. The van der Waals surface area contributed by atoms with Crippen LogP contribution in [-0.4, -0.2) is 40.6 Å². The predicted octanol–water partition coefficient (Wildman–Crippen LogP) is 5.35. The lowest BCUT2D eigenvalue weighted by Crippen LogP contribution is -2.35. The van der Waals surface area contributed by atoms with E-state index in [2.05, 4.69) is 11.0 Å². The molecule has 0 atom stereocenters. The molecule has 0 aliphatic carbocycles. The molecule has 1 amide bonds. The van der Waals surface area contributed by atoms with Gasteiger partial charge in [-0.3, -0.25) is 9.69 Å². The zero-order valence-electron chi connectivity index (χ0n) is 18.3. The van der Waals surface area contributed by atoms with Gasteiger partial charge in [0.2, 0.25) is 6.79 Å². The van der Waals surface area contributed by atoms with Crippen LogP contribution in [0.15, 0.2) is 47.8 Å². The van der Waals surface area contributed by atoms with Gasteiger partial charge in [0, 0.05) is 36.6 Å². The van der Waals surface area contributed by atoms with Crippen LogP contribution in [0, 0.1) is 0 Å². The molecule has 3 heterocycles. The highest BCUT2D eigenvalue weighted by Gasteiger charge is 2.21. The molecule has 3 aromatic rings. The Morgan fingerprint density at radius 3 is 2.52 bits per heavy atom. The van der Waals surface area contributed by atoms with E-state index in [1.807, 2.05) is 46.7 Å². The van der Waals surface area contributed by atoms with Crippen molar-refractivity contribution >= 4 is 28.8 Å². The minimum Gasteiger partial charge on any atom is -0.454 e. The predicted molar refractivity (Wildman–Crippen MR) is 129 cm³/mol. The molecule has 0 unspecified atom stereocenters. The van der Waals surface area contributed by atoms with Crippen LogP contribution in [0.5, 0.6) is 11.5 Å². The number of amides is 1. The summed E-state index contributed by atoms with van der Waals surface area (Å²) in [6.07, 6.45) is 3.35. The number of thiazole rings is 1. The molecule has 0 N–H and O–H groups in total. The summed E-state index contributed by atoms with van der Waals surface area (Å²) in [4.78, 5) is 21.8. The number of hydrogen-bond acceptors (Lipinski definition) is 6. The van der Waals surface area contributed by atoms with Gasteiger partial charge in [-0.1, -0.05) is 29.8 Å². The van der Waals surface area contributed by atoms with E-state index in [1.54, 1.807) is 11.3 Å². The van der Waals surface area contributed by atoms with Gasteiger partial charge in [-0.15, -0.1) is 11.3 Å². The summed E-state index contributed by atoms with van der Waals surface area (Å²) < 4.78 is 11.0. The lowest BCUT2D eigenvalue weighted by Gasteiger charge is -2.25. The average molecular weight is 484 g/mol. The smallest absolute Gasteiger partial charge is 0.273 e. The summed E-state index contributed by atoms with van der Waals surface area (Å²) in [5, 5.41) is 3.56. The molecule has 0 saturated carbocycles. The second-order valence-corrected chi connectivity index (χ2v) is 9.82. The van der Waals surface area contributed by atoms with Crippen molar-refractivity contribution in [2.24, 2.45) is 0 Å². The zero-order valence-corrected chi connectivity index (χ0v) is 19.9. The van der Waals surface area contributed by atoms with Crippen molar-refractivity contribution in [2.75, 3.05) is 19.9 Å². The number of carbonyl (C=O) groups excluding carboxylic acids is 1. The third-order valence-electron chi connectivity index (χ3n) is 5.94. The van der Waals surface area contributed by atoms with Gasteiger partial charge >= 0.3 is 0 Å². The fraction of sp³-hybridized carbons (Fsp3) is 0.360. The molecule has 1 saturated heterocycles. The lowest BCUT2D eigenvalue weighted by atomic mass is 10.1. The molecule has 2 aliphatic heterocycles. The number of nitrogens with zero attached hydrogens (tertiary/aromatic N) is 3. The Morgan fingerprint density at radius 1 is 0.970 bits per heavy atom. The van der Waals surface area contributed by atoms with E-state index in [-0.39, 0.29) is 12.7 Å². The number of rotatable bonds is 7. The van der Waals surface area contributed by atoms with Gasteiger partial charge in [-0.25, -0.2) is 4.98 Å². The monoisotopic (exact) mass is 483 g/mol. The van der Waals surface area contributed by atoms with Crippen LogP contribution in [-0.2, 0) is 19.6 Å². The quantitative estimate of drug-likeness (QED) is 0.453. The molecule has 0 bridgehead atoms. The van der Waals surface area contributed by atoms with Crippen molar-refractivity contribution in [1.29, 1.82) is 0 Å². The Bertz CT molecular complexity index is 1110. The SMILES string of the molecule is O=C(c1csc(CN(Cc2ccc(Cl)cc2)Cc2ccc3c(c2)OCO3)n1)N1CCCCC1. The van der Waals surface area contributed by atoms with Crippen LogP contribution in [0.2, 0.25) is 5.02 Å². The third-order valence-corrected chi connectivity index (χ3v) is 7.02.